The minimum Gasteiger partial charge on any atom is -0.347 e. The largest absolute Gasteiger partial charge is 0.347 e. The Hall–Kier alpha value is -2.81. The van der Waals surface area contributed by atoms with E-state index in [-0.39, 0.29) is 17.6 Å². The molecule has 33 heavy (non-hydrogen) atoms. The minimum atomic E-state index is -0.133. The molecule has 4 rings (SSSR count). The lowest BCUT2D eigenvalue weighted by molar-refractivity contribution is -0.121. The molecule has 0 saturated carbocycles. The molecule has 7 heteroatoms. The molecular formula is C26H25Cl2N3O2. The zero-order valence-corrected chi connectivity index (χ0v) is 20.4. The standard InChI is InChI=1S/C26H25Cl2N3O2/c1-15-10-17(14-29)11-24-21(15)12-19(30(24)3)13-22-23(27)5-4-20(25(22)28)26(33)31-8-6-18(7-9-31)16(2)32/h4-5,10-12,18H,6-9,13H2,1-3H3. The Labute approximate surface area is 203 Å². The number of Topliss-reactive ketones (excluding diaryl/α,β-unsaturated/α-hetero) is 1. The van der Waals surface area contributed by atoms with Crippen LogP contribution in [0.25, 0.3) is 10.9 Å². The van der Waals surface area contributed by atoms with Crippen LogP contribution in [0.2, 0.25) is 10.0 Å². The highest BCUT2D eigenvalue weighted by Crippen LogP contribution is 2.34. The number of aromatic nitrogens is 1. The second-order valence-corrected chi connectivity index (χ2v) is 9.56. The number of halogens is 2. The molecule has 170 valence electrons. The zero-order chi connectivity index (χ0) is 23.9. The summed E-state index contributed by atoms with van der Waals surface area (Å²) in [5.41, 5.74) is 4.73. The van der Waals surface area contributed by atoms with E-state index >= 15 is 0 Å². The van der Waals surface area contributed by atoms with Gasteiger partial charge in [0.15, 0.2) is 0 Å². The summed E-state index contributed by atoms with van der Waals surface area (Å²) < 4.78 is 2.04. The van der Waals surface area contributed by atoms with E-state index in [2.05, 4.69) is 12.1 Å². The van der Waals surface area contributed by atoms with E-state index in [1.54, 1.807) is 24.0 Å². The number of carbonyl (C=O) groups excluding carboxylic acids is 2. The molecule has 0 bridgehead atoms. The molecule has 0 atom stereocenters. The van der Waals surface area contributed by atoms with E-state index in [1.807, 2.05) is 30.7 Å². The third kappa shape index (κ3) is 4.38. The van der Waals surface area contributed by atoms with Gasteiger partial charge in [-0.1, -0.05) is 23.2 Å². The molecule has 5 nitrogen and oxygen atoms in total. The normalized spacial score (nSPS) is 14.5. The summed E-state index contributed by atoms with van der Waals surface area (Å²) in [6.07, 6.45) is 1.82. The first-order valence-electron chi connectivity index (χ1n) is 11.0. The highest BCUT2D eigenvalue weighted by Gasteiger charge is 2.28. The SMILES string of the molecule is CC(=O)C1CCN(C(=O)c2ccc(Cl)c(Cc3cc4c(C)cc(C#N)cc4n3C)c2Cl)CC1. The maximum Gasteiger partial charge on any atom is 0.255 e. The quantitative estimate of drug-likeness (QED) is 0.480. The number of fused-ring (bicyclic) bond motifs is 1. The summed E-state index contributed by atoms with van der Waals surface area (Å²) in [5, 5.41) is 11.2. The molecule has 0 N–H and O–H groups in total. The van der Waals surface area contributed by atoms with Gasteiger partial charge in [0.1, 0.15) is 5.78 Å². The van der Waals surface area contributed by atoms with Gasteiger partial charge in [0.2, 0.25) is 0 Å². The van der Waals surface area contributed by atoms with Crippen LogP contribution in [0, 0.1) is 24.2 Å². The van der Waals surface area contributed by atoms with E-state index in [4.69, 9.17) is 23.2 Å². The molecule has 0 radical (unpaired) electrons. The molecular weight excluding hydrogens is 457 g/mol. The molecule has 1 fully saturated rings. The molecule has 1 saturated heterocycles. The lowest BCUT2D eigenvalue weighted by Gasteiger charge is -2.31. The number of amides is 1. The Kier molecular flexibility index (Phi) is 6.52. The van der Waals surface area contributed by atoms with E-state index in [9.17, 15) is 14.9 Å². The predicted molar refractivity (Wildman–Crippen MR) is 131 cm³/mol. The predicted octanol–water partition coefficient (Wildman–Crippen LogP) is 5.70. The fraction of sp³-hybridized carbons (Fsp3) is 0.346. The molecule has 0 aliphatic carbocycles. The molecule has 0 unspecified atom stereocenters. The fourth-order valence-electron chi connectivity index (χ4n) is 4.66. The maximum atomic E-state index is 13.2. The highest BCUT2D eigenvalue weighted by molar-refractivity contribution is 6.38. The highest BCUT2D eigenvalue weighted by atomic mass is 35.5. The number of piperidine rings is 1. The van der Waals surface area contributed by atoms with Crippen LogP contribution in [0.3, 0.4) is 0 Å². The summed E-state index contributed by atoms with van der Waals surface area (Å²) in [7, 11) is 1.95. The minimum absolute atomic E-state index is 0.0294. The summed E-state index contributed by atoms with van der Waals surface area (Å²) in [5.74, 6) is 0.0780. The maximum absolute atomic E-state index is 13.2. The lowest BCUT2D eigenvalue weighted by Crippen LogP contribution is -2.40. The van der Waals surface area contributed by atoms with Gasteiger partial charge >= 0.3 is 0 Å². The Morgan fingerprint density at radius 1 is 1.15 bits per heavy atom. The summed E-state index contributed by atoms with van der Waals surface area (Å²) in [4.78, 5) is 26.6. The van der Waals surface area contributed by atoms with Crippen molar-refractivity contribution in [3.05, 3.63) is 68.3 Å². The average Bonchev–Trinajstić information content (AvgIpc) is 3.12. The monoisotopic (exact) mass is 481 g/mol. The first-order valence-corrected chi connectivity index (χ1v) is 11.7. The Bertz CT molecular complexity index is 1310. The molecule has 0 spiro atoms. The van der Waals surface area contributed by atoms with Crippen molar-refractivity contribution in [2.45, 2.75) is 33.1 Å². The van der Waals surface area contributed by atoms with Gasteiger partial charge in [-0.3, -0.25) is 9.59 Å². The molecule has 1 aromatic heterocycles. The van der Waals surface area contributed by atoms with Gasteiger partial charge in [-0.25, -0.2) is 0 Å². The van der Waals surface area contributed by atoms with E-state index < -0.39 is 0 Å². The van der Waals surface area contributed by atoms with Gasteiger partial charge < -0.3 is 9.47 Å². The number of ketones is 1. The van der Waals surface area contributed by atoms with Crippen LogP contribution in [-0.2, 0) is 18.3 Å². The van der Waals surface area contributed by atoms with E-state index in [1.165, 1.54) is 0 Å². The number of hydrogen-bond acceptors (Lipinski definition) is 3. The van der Waals surface area contributed by atoms with Crippen molar-refractivity contribution in [1.29, 1.82) is 5.26 Å². The van der Waals surface area contributed by atoms with Crippen LogP contribution < -0.4 is 0 Å². The molecule has 2 heterocycles. The van der Waals surface area contributed by atoms with Gasteiger partial charge in [-0.05, 0) is 68.1 Å². The summed E-state index contributed by atoms with van der Waals surface area (Å²) in [6.45, 7) is 4.68. The Morgan fingerprint density at radius 2 is 1.85 bits per heavy atom. The lowest BCUT2D eigenvalue weighted by atomic mass is 9.93. The molecule has 3 aromatic rings. The summed E-state index contributed by atoms with van der Waals surface area (Å²) >= 11 is 13.3. The van der Waals surface area contributed by atoms with Crippen LogP contribution >= 0.6 is 23.2 Å². The Balaban J connectivity index is 1.65. The van der Waals surface area contributed by atoms with Gasteiger partial charge in [0, 0.05) is 54.1 Å². The summed E-state index contributed by atoms with van der Waals surface area (Å²) in [6, 6.07) is 11.4. The first-order chi connectivity index (χ1) is 15.7. The van der Waals surface area contributed by atoms with Crippen molar-refractivity contribution in [1.82, 2.24) is 9.47 Å². The van der Waals surface area contributed by atoms with Gasteiger partial charge in [0.25, 0.3) is 5.91 Å². The number of rotatable bonds is 4. The zero-order valence-electron chi connectivity index (χ0n) is 18.9. The van der Waals surface area contributed by atoms with Crippen molar-refractivity contribution in [3.63, 3.8) is 0 Å². The van der Waals surface area contributed by atoms with Crippen LogP contribution in [0.4, 0.5) is 0 Å². The second-order valence-electron chi connectivity index (χ2n) is 8.77. The molecule has 1 aliphatic rings. The number of benzene rings is 2. The number of hydrogen-bond donors (Lipinski definition) is 0. The number of aryl methyl sites for hydroxylation is 2. The van der Waals surface area contributed by atoms with E-state index in [0.717, 1.165) is 22.2 Å². The average molecular weight is 482 g/mol. The second kappa shape index (κ2) is 9.21. The number of carbonyl (C=O) groups is 2. The topological polar surface area (TPSA) is 66.1 Å². The third-order valence-corrected chi connectivity index (χ3v) is 7.51. The van der Waals surface area contributed by atoms with Gasteiger partial charge in [0.05, 0.1) is 22.2 Å². The van der Waals surface area contributed by atoms with Crippen molar-refractivity contribution in [2.24, 2.45) is 13.0 Å². The van der Waals surface area contributed by atoms with Crippen molar-refractivity contribution >= 4 is 45.8 Å². The number of nitriles is 1. The molecule has 2 aromatic carbocycles. The fourth-order valence-corrected chi connectivity index (χ4v) is 5.25. The first kappa shape index (κ1) is 23.4. The van der Waals surface area contributed by atoms with Gasteiger partial charge in [-0.15, -0.1) is 0 Å². The molecule has 1 aliphatic heterocycles. The van der Waals surface area contributed by atoms with Crippen LogP contribution in [0.5, 0.6) is 0 Å². The number of nitrogens with zero attached hydrogens (tertiary/aromatic N) is 3. The Morgan fingerprint density at radius 3 is 2.48 bits per heavy atom. The van der Waals surface area contributed by atoms with Crippen molar-refractivity contribution in [3.8, 4) is 6.07 Å². The van der Waals surface area contributed by atoms with Crippen molar-refractivity contribution in [2.75, 3.05) is 13.1 Å². The van der Waals surface area contributed by atoms with Crippen LogP contribution in [0.15, 0.2) is 30.3 Å². The third-order valence-electron chi connectivity index (χ3n) is 6.73. The number of likely N-dealkylation sites (tertiary alicyclic amines) is 1. The van der Waals surface area contributed by atoms with Crippen molar-refractivity contribution < 1.29 is 9.59 Å². The smallest absolute Gasteiger partial charge is 0.255 e. The van der Waals surface area contributed by atoms with E-state index in [0.29, 0.717) is 59.1 Å². The molecule has 1 amide bonds. The van der Waals surface area contributed by atoms with Crippen LogP contribution in [0.1, 0.15) is 52.5 Å². The van der Waals surface area contributed by atoms with Crippen LogP contribution in [-0.4, -0.2) is 34.2 Å². The van der Waals surface area contributed by atoms with Gasteiger partial charge in [-0.2, -0.15) is 5.26 Å².